The lowest BCUT2D eigenvalue weighted by Crippen LogP contribution is -2.48. The van der Waals surface area contributed by atoms with E-state index in [9.17, 15) is 0 Å². The van der Waals surface area contributed by atoms with E-state index >= 15 is 0 Å². The van der Waals surface area contributed by atoms with Crippen molar-refractivity contribution >= 4 is 40.4 Å². The SMILES string of the molecule is CCN1CCN(C(=S)c2ccc(OCc3ccc(Cl)cc3Cl)c(OC)c2)CC1. The summed E-state index contributed by atoms with van der Waals surface area (Å²) >= 11 is 17.9. The quantitative estimate of drug-likeness (QED) is 0.597. The maximum absolute atomic E-state index is 6.22. The lowest BCUT2D eigenvalue weighted by molar-refractivity contribution is 0.192. The van der Waals surface area contributed by atoms with Gasteiger partial charge >= 0.3 is 0 Å². The molecule has 150 valence electrons. The van der Waals surface area contributed by atoms with Gasteiger partial charge in [0.25, 0.3) is 0 Å². The van der Waals surface area contributed by atoms with Gasteiger partial charge in [0.1, 0.15) is 11.6 Å². The Morgan fingerprint density at radius 1 is 1.04 bits per heavy atom. The summed E-state index contributed by atoms with van der Waals surface area (Å²) in [5.74, 6) is 1.30. The van der Waals surface area contributed by atoms with Crippen molar-refractivity contribution in [2.45, 2.75) is 13.5 Å². The van der Waals surface area contributed by atoms with E-state index in [0.717, 1.165) is 48.8 Å². The van der Waals surface area contributed by atoms with E-state index in [1.165, 1.54) is 0 Å². The Bertz CT molecular complexity index is 839. The van der Waals surface area contributed by atoms with E-state index in [1.807, 2.05) is 24.3 Å². The van der Waals surface area contributed by atoms with Crippen molar-refractivity contribution in [2.75, 3.05) is 39.8 Å². The van der Waals surface area contributed by atoms with Crippen molar-refractivity contribution in [3.8, 4) is 11.5 Å². The summed E-state index contributed by atoms with van der Waals surface area (Å²) in [7, 11) is 1.63. The molecule has 0 radical (unpaired) electrons. The first-order valence-electron chi connectivity index (χ1n) is 9.28. The molecule has 1 aliphatic rings. The lowest BCUT2D eigenvalue weighted by Gasteiger charge is -2.35. The van der Waals surface area contributed by atoms with Gasteiger partial charge in [-0.2, -0.15) is 0 Å². The number of likely N-dealkylation sites (N-methyl/N-ethyl adjacent to an activating group) is 1. The number of ether oxygens (including phenoxy) is 2. The van der Waals surface area contributed by atoms with Gasteiger partial charge in [-0.3, -0.25) is 0 Å². The molecule has 7 heteroatoms. The van der Waals surface area contributed by atoms with Crippen molar-refractivity contribution in [3.05, 3.63) is 57.6 Å². The Morgan fingerprint density at radius 2 is 1.79 bits per heavy atom. The number of thiocarbonyl (C=S) groups is 1. The average molecular weight is 439 g/mol. The van der Waals surface area contributed by atoms with Crippen LogP contribution >= 0.6 is 35.4 Å². The fourth-order valence-electron chi connectivity index (χ4n) is 3.16. The molecule has 3 rings (SSSR count). The van der Waals surface area contributed by atoms with E-state index < -0.39 is 0 Å². The van der Waals surface area contributed by atoms with Gasteiger partial charge in [0, 0.05) is 47.4 Å². The fraction of sp³-hybridized carbons (Fsp3) is 0.381. The summed E-state index contributed by atoms with van der Waals surface area (Å²) < 4.78 is 11.5. The van der Waals surface area contributed by atoms with Crippen molar-refractivity contribution in [2.24, 2.45) is 0 Å². The highest BCUT2D eigenvalue weighted by atomic mass is 35.5. The smallest absolute Gasteiger partial charge is 0.161 e. The summed E-state index contributed by atoms with van der Waals surface area (Å²) in [5.41, 5.74) is 1.83. The van der Waals surface area contributed by atoms with Gasteiger partial charge in [-0.25, -0.2) is 0 Å². The van der Waals surface area contributed by atoms with Crippen LogP contribution in [0, 0.1) is 0 Å². The summed E-state index contributed by atoms with van der Waals surface area (Å²) in [6.07, 6.45) is 0. The number of methoxy groups -OCH3 is 1. The van der Waals surface area contributed by atoms with Crippen molar-refractivity contribution in [3.63, 3.8) is 0 Å². The summed E-state index contributed by atoms with van der Waals surface area (Å²) in [5, 5.41) is 1.18. The second-order valence-electron chi connectivity index (χ2n) is 6.62. The fourth-order valence-corrected chi connectivity index (χ4v) is 3.94. The number of piperazine rings is 1. The van der Waals surface area contributed by atoms with Crippen molar-refractivity contribution < 1.29 is 9.47 Å². The molecule has 0 N–H and O–H groups in total. The number of benzene rings is 2. The highest BCUT2D eigenvalue weighted by Gasteiger charge is 2.20. The molecular formula is C21H24Cl2N2O2S. The standard InChI is InChI=1S/C21H24Cl2N2O2S/c1-3-24-8-10-25(11-9-24)21(28)15-5-7-19(20(12-15)26-2)27-14-16-4-6-17(22)13-18(16)23/h4-7,12-13H,3,8-11,14H2,1-2H3. The zero-order chi connectivity index (χ0) is 20.1. The number of hydrogen-bond donors (Lipinski definition) is 0. The normalized spacial score (nSPS) is 14.8. The Morgan fingerprint density at radius 3 is 2.43 bits per heavy atom. The molecule has 28 heavy (non-hydrogen) atoms. The maximum Gasteiger partial charge on any atom is 0.161 e. The number of nitrogens with zero attached hydrogens (tertiary/aromatic N) is 2. The third-order valence-corrected chi connectivity index (χ3v) is 6.00. The first-order valence-corrected chi connectivity index (χ1v) is 10.4. The monoisotopic (exact) mass is 438 g/mol. The van der Waals surface area contributed by atoms with Gasteiger partial charge in [0.15, 0.2) is 11.5 Å². The topological polar surface area (TPSA) is 24.9 Å². The van der Waals surface area contributed by atoms with Gasteiger partial charge in [-0.05, 0) is 36.9 Å². The van der Waals surface area contributed by atoms with Crippen LogP contribution in [0.2, 0.25) is 10.0 Å². The first-order chi connectivity index (χ1) is 13.5. The molecule has 1 heterocycles. The van der Waals surface area contributed by atoms with Gasteiger partial charge in [0.05, 0.1) is 7.11 Å². The number of hydrogen-bond acceptors (Lipinski definition) is 4. The maximum atomic E-state index is 6.22. The Hall–Kier alpha value is -1.53. The predicted octanol–water partition coefficient (Wildman–Crippen LogP) is 4.89. The third-order valence-electron chi connectivity index (χ3n) is 4.92. The second kappa shape index (κ2) is 9.79. The molecule has 0 aliphatic carbocycles. The molecule has 0 bridgehead atoms. The summed E-state index contributed by atoms with van der Waals surface area (Å²) in [4.78, 5) is 5.53. The van der Waals surface area contributed by atoms with Gasteiger partial charge in [-0.1, -0.05) is 48.4 Å². The number of halogens is 2. The van der Waals surface area contributed by atoms with Crippen LogP contribution < -0.4 is 9.47 Å². The van der Waals surface area contributed by atoms with E-state index in [0.29, 0.717) is 28.2 Å². The molecule has 4 nitrogen and oxygen atoms in total. The minimum atomic E-state index is 0.329. The highest BCUT2D eigenvalue weighted by molar-refractivity contribution is 7.80. The van der Waals surface area contributed by atoms with Gasteiger partial charge in [-0.15, -0.1) is 0 Å². The van der Waals surface area contributed by atoms with Crippen LogP contribution in [0.5, 0.6) is 11.5 Å². The van der Waals surface area contributed by atoms with E-state index in [4.69, 9.17) is 44.9 Å². The molecule has 1 fully saturated rings. The van der Waals surface area contributed by atoms with Crippen molar-refractivity contribution in [1.82, 2.24) is 9.80 Å². The van der Waals surface area contributed by atoms with Crippen molar-refractivity contribution in [1.29, 1.82) is 0 Å². The molecule has 2 aromatic carbocycles. The van der Waals surface area contributed by atoms with Crippen LogP contribution in [0.15, 0.2) is 36.4 Å². The summed E-state index contributed by atoms with van der Waals surface area (Å²) in [6.45, 7) is 7.57. The van der Waals surface area contributed by atoms with Crippen LogP contribution in [-0.4, -0.2) is 54.6 Å². The Balaban J connectivity index is 1.69. The van der Waals surface area contributed by atoms with Crippen LogP contribution in [0.3, 0.4) is 0 Å². The minimum absolute atomic E-state index is 0.329. The lowest BCUT2D eigenvalue weighted by atomic mass is 10.1. The largest absolute Gasteiger partial charge is 0.493 e. The molecule has 1 saturated heterocycles. The number of rotatable bonds is 6. The van der Waals surface area contributed by atoms with Gasteiger partial charge < -0.3 is 19.3 Å². The minimum Gasteiger partial charge on any atom is -0.493 e. The Labute approximate surface area is 181 Å². The van der Waals surface area contributed by atoms with E-state index in [1.54, 1.807) is 19.2 Å². The molecule has 0 spiro atoms. The second-order valence-corrected chi connectivity index (χ2v) is 7.85. The predicted molar refractivity (Wildman–Crippen MR) is 119 cm³/mol. The van der Waals surface area contributed by atoms with Gasteiger partial charge in [0.2, 0.25) is 0 Å². The molecule has 0 saturated carbocycles. The molecular weight excluding hydrogens is 415 g/mol. The zero-order valence-corrected chi connectivity index (χ0v) is 18.4. The van der Waals surface area contributed by atoms with Crippen LogP contribution in [0.4, 0.5) is 0 Å². The zero-order valence-electron chi connectivity index (χ0n) is 16.1. The third kappa shape index (κ3) is 5.09. The van der Waals surface area contributed by atoms with E-state index in [-0.39, 0.29) is 0 Å². The molecule has 0 atom stereocenters. The molecule has 0 amide bonds. The highest BCUT2D eigenvalue weighted by Crippen LogP contribution is 2.31. The van der Waals surface area contributed by atoms with E-state index in [2.05, 4.69) is 16.7 Å². The first kappa shape index (κ1) is 21.2. The van der Waals surface area contributed by atoms with Crippen LogP contribution in [0.25, 0.3) is 0 Å². The molecule has 2 aromatic rings. The molecule has 0 unspecified atom stereocenters. The molecule has 1 aliphatic heterocycles. The molecule has 0 aromatic heterocycles. The Kier molecular flexibility index (Phi) is 7.41. The summed E-state index contributed by atoms with van der Waals surface area (Å²) in [6, 6.07) is 11.2. The average Bonchev–Trinajstić information content (AvgIpc) is 2.72. The van der Waals surface area contributed by atoms with Crippen LogP contribution in [0.1, 0.15) is 18.1 Å². The van der Waals surface area contributed by atoms with Crippen LogP contribution in [-0.2, 0) is 6.61 Å².